The Morgan fingerprint density at radius 1 is 1.35 bits per heavy atom. The number of aromatic amines is 1. The first-order valence-corrected chi connectivity index (χ1v) is 5.05. The molecule has 0 aliphatic rings. The number of carboxylic acids is 1. The maximum atomic E-state index is 10.7. The van der Waals surface area contributed by atoms with Crippen LogP contribution in [0.2, 0.25) is 0 Å². The van der Waals surface area contributed by atoms with Gasteiger partial charge < -0.3 is 9.84 Å². The second-order valence-electron chi connectivity index (χ2n) is 3.71. The van der Waals surface area contributed by atoms with E-state index < -0.39 is 5.97 Å². The molecule has 0 spiro atoms. The zero-order valence-corrected chi connectivity index (χ0v) is 9.52. The molecule has 1 aromatic heterocycles. The topological polar surface area (TPSA) is 75.2 Å². The van der Waals surface area contributed by atoms with Gasteiger partial charge in [0.15, 0.2) is 0 Å². The van der Waals surface area contributed by atoms with Gasteiger partial charge in [-0.25, -0.2) is 4.79 Å². The number of hydrogen-bond acceptors (Lipinski definition) is 3. The molecule has 0 unspecified atom stereocenters. The largest absolute Gasteiger partial charge is 0.497 e. The van der Waals surface area contributed by atoms with Crippen LogP contribution in [0.5, 0.6) is 5.75 Å². The average molecular weight is 232 g/mol. The summed E-state index contributed by atoms with van der Waals surface area (Å²) in [5.41, 5.74) is 2.51. The van der Waals surface area contributed by atoms with Crippen molar-refractivity contribution in [2.24, 2.45) is 0 Å². The number of nitrogens with one attached hydrogen (secondary N) is 1. The van der Waals surface area contributed by atoms with Crippen LogP contribution >= 0.6 is 0 Å². The summed E-state index contributed by atoms with van der Waals surface area (Å²) in [7, 11) is 1.59. The summed E-state index contributed by atoms with van der Waals surface area (Å²) in [6.07, 6.45) is 0. The first-order valence-electron chi connectivity index (χ1n) is 5.05. The van der Waals surface area contributed by atoms with Crippen molar-refractivity contribution < 1.29 is 14.6 Å². The van der Waals surface area contributed by atoms with E-state index in [1.165, 1.54) is 6.07 Å². The number of carboxylic acid groups (broad SMARTS) is 1. The molecule has 1 aromatic carbocycles. The Bertz CT molecular complexity index is 561. The van der Waals surface area contributed by atoms with E-state index in [1.807, 2.05) is 25.1 Å². The summed E-state index contributed by atoms with van der Waals surface area (Å²) in [6.45, 7) is 1.94. The minimum atomic E-state index is -1.02. The van der Waals surface area contributed by atoms with Crippen LogP contribution in [0.25, 0.3) is 11.3 Å². The van der Waals surface area contributed by atoms with Crippen molar-refractivity contribution >= 4 is 5.97 Å². The van der Waals surface area contributed by atoms with E-state index in [0.29, 0.717) is 5.69 Å². The fourth-order valence-electron chi connectivity index (χ4n) is 1.59. The van der Waals surface area contributed by atoms with Crippen molar-refractivity contribution in [2.75, 3.05) is 7.11 Å². The average Bonchev–Trinajstić information content (AvgIpc) is 2.77. The monoisotopic (exact) mass is 232 g/mol. The summed E-state index contributed by atoms with van der Waals surface area (Å²) in [5.74, 6) is -0.303. The predicted octanol–water partition coefficient (Wildman–Crippen LogP) is 2.09. The minimum Gasteiger partial charge on any atom is -0.497 e. The number of benzene rings is 1. The Morgan fingerprint density at radius 3 is 2.71 bits per heavy atom. The Hall–Kier alpha value is -2.30. The van der Waals surface area contributed by atoms with Crippen molar-refractivity contribution in [2.45, 2.75) is 6.92 Å². The lowest BCUT2D eigenvalue weighted by molar-refractivity contribution is 0.0690. The smallest absolute Gasteiger partial charge is 0.353 e. The maximum absolute atomic E-state index is 10.7. The Balaban J connectivity index is 2.44. The summed E-state index contributed by atoms with van der Waals surface area (Å²) in [5, 5.41) is 15.2. The van der Waals surface area contributed by atoms with Gasteiger partial charge in [-0.1, -0.05) is 0 Å². The number of carbonyl (C=O) groups is 1. The molecule has 5 nitrogen and oxygen atoms in total. The summed E-state index contributed by atoms with van der Waals surface area (Å²) in [4.78, 5) is 10.7. The van der Waals surface area contributed by atoms with Crippen molar-refractivity contribution in [1.29, 1.82) is 0 Å². The number of aromatic carboxylic acids is 1. The van der Waals surface area contributed by atoms with Gasteiger partial charge in [-0.2, -0.15) is 5.10 Å². The number of nitrogens with zero attached hydrogens (tertiary/aromatic N) is 1. The zero-order chi connectivity index (χ0) is 12.4. The highest BCUT2D eigenvalue weighted by Gasteiger charge is 2.10. The van der Waals surface area contributed by atoms with Crippen molar-refractivity contribution in [3.05, 3.63) is 35.5 Å². The van der Waals surface area contributed by atoms with Gasteiger partial charge in [0.2, 0.25) is 0 Å². The highest BCUT2D eigenvalue weighted by molar-refractivity contribution is 5.86. The van der Waals surface area contributed by atoms with E-state index in [9.17, 15) is 4.79 Å². The highest BCUT2D eigenvalue weighted by Crippen LogP contribution is 2.24. The molecule has 0 bridgehead atoms. The van der Waals surface area contributed by atoms with Crippen LogP contribution in [0.3, 0.4) is 0 Å². The molecule has 0 fully saturated rings. The minimum absolute atomic E-state index is 0.0699. The molecular weight excluding hydrogens is 220 g/mol. The van der Waals surface area contributed by atoms with Gasteiger partial charge in [-0.3, -0.25) is 5.10 Å². The number of hydrogen-bond donors (Lipinski definition) is 2. The highest BCUT2D eigenvalue weighted by atomic mass is 16.5. The maximum Gasteiger partial charge on any atom is 0.353 e. The van der Waals surface area contributed by atoms with Gasteiger partial charge in [-0.05, 0) is 36.8 Å². The van der Waals surface area contributed by atoms with E-state index in [2.05, 4.69) is 10.2 Å². The van der Waals surface area contributed by atoms with E-state index in [-0.39, 0.29) is 5.69 Å². The first kappa shape index (κ1) is 11.2. The molecule has 17 heavy (non-hydrogen) atoms. The molecular formula is C12H12N2O3. The third-order valence-corrected chi connectivity index (χ3v) is 2.39. The third-order valence-electron chi connectivity index (χ3n) is 2.39. The Morgan fingerprint density at radius 2 is 2.12 bits per heavy atom. The molecule has 88 valence electrons. The molecule has 2 N–H and O–H groups in total. The number of aryl methyl sites for hydroxylation is 1. The first-order chi connectivity index (χ1) is 8.10. The Kier molecular flexibility index (Phi) is 2.82. The molecule has 0 aliphatic heterocycles. The van der Waals surface area contributed by atoms with Crippen LogP contribution in [0.1, 0.15) is 16.1 Å². The van der Waals surface area contributed by atoms with E-state index in [0.717, 1.165) is 16.9 Å². The second kappa shape index (κ2) is 4.29. The van der Waals surface area contributed by atoms with Gasteiger partial charge in [0.25, 0.3) is 0 Å². The van der Waals surface area contributed by atoms with Crippen LogP contribution in [0.15, 0.2) is 24.3 Å². The number of aromatic nitrogens is 2. The quantitative estimate of drug-likeness (QED) is 0.849. The van der Waals surface area contributed by atoms with Gasteiger partial charge in [0, 0.05) is 5.56 Å². The molecule has 5 heteroatoms. The lowest BCUT2D eigenvalue weighted by atomic mass is 10.1. The van der Waals surface area contributed by atoms with Crippen molar-refractivity contribution in [1.82, 2.24) is 10.2 Å². The molecule has 0 saturated heterocycles. The zero-order valence-electron chi connectivity index (χ0n) is 9.52. The van der Waals surface area contributed by atoms with Gasteiger partial charge in [0.1, 0.15) is 11.4 Å². The summed E-state index contributed by atoms with van der Waals surface area (Å²) in [6, 6.07) is 7.13. The second-order valence-corrected chi connectivity index (χ2v) is 3.71. The van der Waals surface area contributed by atoms with Crippen LogP contribution in [-0.2, 0) is 0 Å². The molecule has 0 aliphatic carbocycles. The standard InChI is InChI=1S/C12H12N2O3/c1-7-3-8(5-9(4-7)17-2)10-6-11(12(15)16)14-13-10/h3-6H,1-2H3,(H,13,14)(H,15,16). The molecule has 0 radical (unpaired) electrons. The van der Waals surface area contributed by atoms with Crippen molar-refractivity contribution in [3.63, 3.8) is 0 Å². The number of rotatable bonds is 3. The fraction of sp³-hybridized carbons (Fsp3) is 0.167. The van der Waals surface area contributed by atoms with Gasteiger partial charge >= 0.3 is 5.97 Å². The molecule has 0 atom stereocenters. The Labute approximate surface area is 98.0 Å². The van der Waals surface area contributed by atoms with Crippen molar-refractivity contribution in [3.8, 4) is 17.0 Å². The van der Waals surface area contributed by atoms with E-state index in [4.69, 9.17) is 9.84 Å². The summed E-state index contributed by atoms with van der Waals surface area (Å²) < 4.78 is 5.16. The van der Waals surface area contributed by atoms with Gasteiger partial charge in [0.05, 0.1) is 12.8 Å². The third kappa shape index (κ3) is 2.28. The lowest BCUT2D eigenvalue weighted by Crippen LogP contribution is -1.95. The number of H-pyrrole nitrogens is 1. The molecule has 2 rings (SSSR count). The molecule has 1 heterocycles. The normalized spacial score (nSPS) is 10.2. The molecule has 0 saturated carbocycles. The molecule has 2 aromatic rings. The van der Waals surface area contributed by atoms with Crippen LogP contribution in [0, 0.1) is 6.92 Å². The lowest BCUT2D eigenvalue weighted by Gasteiger charge is -2.04. The van der Waals surface area contributed by atoms with Gasteiger partial charge in [-0.15, -0.1) is 0 Å². The fourth-order valence-corrected chi connectivity index (χ4v) is 1.59. The van der Waals surface area contributed by atoms with E-state index in [1.54, 1.807) is 7.11 Å². The van der Waals surface area contributed by atoms with E-state index >= 15 is 0 Å². The van der Waals surface area contributed by atoms with Crippen LogP contribution < -0.4 is 4.74 Å². The van der Waals surface area contributed by atoms with Crippen LogP contribution in [-0.4, -0.2) is 28.4 Å². The predicted molar refractivity (Wildman–Crippen MR) is 62.3 cm³/mol. The summed E-state index contributed by atoms with van der Waals surface area (Å²) >= 11 is 0. The molecule has 0 amide bonds. The SMILES string of the molecule is COc1cc(C)cc(-c2cc(C(=O)O)[nH]n2)c1. The number of ether oxygens (including phenoxy) is 1. The number of methoxy groups -OCH3 is 1. The van der Waals surface area contributed by atoms with Crippen LogP contribution in [0.4, 0.5) is 0 Å².